The van der Waals surface area contributed by atoms with E-state index < -0.39 is 6.09 Å². The molecule has 0 aromatic rings. The van der Waals surface area contributed by atoms with Crippen molar-refractivity contribution < 1.29 is 9.53 Å². The van der Waals surface area contributed by atoms with Crippen LogP contribution in [0.25, 0.3) is 0 Å². The fraction of sp³-hybridized carbons (Fsp3) is 0.800. The molecule has 0 aromatic heterocycles. The van der Waals surface area contributed by atoms with E-state index in [-0.39, 0.29) is 5.44 Å². The molecule has 1 unspecified atom stereocenters. The zero-order chi connectivity index (χ0) is 7.56. The SMILES string of the molecule is CC(OC(N)=O)SN1CC1. The van der Waals surface area contributed by atoms with Gasteiger partial charge in [-0.25, -0.2) is 9.10 Å². The first-order valence-electron chi connectivity index (χ1n) is 3.06. The normalized spacial score (nSPS) is 20.1. The van der Waals surface area contributed by atoms with Gasteiger partial charge in [0.1, 0.15) is 0 Å². The molecule has 4 nitrogen and oxygen atoms in total. The molecule has 0 bridgehead atoms. The van der Waals surface area contributed by atoms with Crippen LogP contribution in [0.1, 0.15) is 6.92 Å². The van der Waals surface area contributed by atoms with Crippen molar-refractivity contribution in [1.82, 2.24) is 4.31 Å². The largest absolute Gasteiger partial charge is 0.434 e. The number of nitrogens with two attached hydrogens (primary N) is 1. The van der Waals surface area contributed by atoms with Crippen LogP contribution in [-0.4, -0.2) is 28.9 Å². The van der Waals surface area contributed by atoms with E-state index in [0.717, 1.165) is 13.1 Å². The van der Waals surface area contributed by atoms with E-state index in [2.05, 4.69) is 9.04 Å². The highest BCUT2D eigenvalue weighted by Crippen LogP contribution is 2.23. The second-order valence-electron chi connectivity index (χ2n) is 2.04. The smallest absolute Gasteiger partial charge is 0.405 e. The Morgan fingerprint density at radius 3 is 2.80 bits per heavy atom. The van der Waals surface area contributed by atoms with E-state index >= 15 is 0 Å². The van der Waals surface area contributed by atoms with Gasteiger partial charge in [-0.05, 0) is 18.9 Å². The molecule has 1 aliphatic heterocycles. The average Bonchev–Trinajstić information content (AvgIpc) is 2.46. The fourth-order valence-electron chi connectivity index (χ4n) is 0.541. The second kappa shape index (κ2) is 3.12. The third kappa shape index (κ3) is 2.93. The Morgan fingerprint density at radius 2 is 2.40 bits per heavy atom. The standard InChI is InChI=1S/C5H10N2O2S/c1-4(9-5(6)8)10-7-2-3-7/h4H,2-3H2,1H3,(H2,6,8). The van der Waals surface area contributed by atoms with Gasteiger partial charge >= 0.3 is 6.09 Å². The molecule has 1 aliphatic rings. The van der Waals surface area contributed by atoms with E-state index in [9.17, 15) is 4.79 Å². The van der Waals surface area contributed by atoms with Crippen molar-refractivity contribution in [3.05, 3.63) is 0 Å². The summed E-state index contributed by atoms with van der Waals surface area (Å²) in [6.45, 7) is 3.96. The lowest BCUT2D eigenvalue weighted by Gasteiger charge is -2.09. The maximum atomic E-state index is 10.2. The molecule has 0 spiro atoms. The van der Waals surface area contributed by atoms with Crippen LogP contribution in [0.2, 0.25) is 0 Å². The lowest BCUT2D eigenvalue weighted by atomic mass is 10.8. The summed E-state index contributed by atoms with van der Waals surface area (Å²) in [5.41, 5.74) is 4.64. The Hall–Kier alpha value is -0.420. The van der Waals surface area contributed by atoms with Gasteiger partial charge in [-0.1, -0.05) is 0 Å². The summed E-state index contributed by atoms with van der Waals surface area (Å²) < 4.78 is 6.75. The summed E-state index contributed by atoms with van der Waals surface area (Å²) in [5, 5.41) is 0. The number of carbonyl (C=O) groups excluding carboxylic acids is 1. The van der Waals surface area contributed by atoms with Crippen LogP contribution in [0, 0.1) is 0 Å². The van der Waals surface area contributed by atoms with Gasteiger partial charge in [0, 0.05) is 13.1 Å². The van der Waals surface area contributed by atoms with E-state index in [1.54, 1.807) is 6.92 Å². The van der Waals surface area contributed by atoms with Crippen molar-refractivity contribution in [3.8, 4) is 0 Å². The topological polar surface area (TPSA) is 55.3 Å². The Morgan fingerprint density at radius 1 is 1.80 bits per heavy atom. The van der Waals surface area contributed by atoms with Crippen molar-refractivity contribution in [3.63, 3.8) is 0 Å². The molecule has 1 amide bonds. The van der Waals surface area contributed by atoms with Crippen molar-refractivity contribution in [2.45, 2.75) is 12.4 Å². The van der Waals surface area contributed by atoms with E-state index in [1.807, 2.05) is 0 Å². The number of nitrogens with zero attached hydrogens (tertiary/aromatic N) is 1. The molecule has 2 N–H and O–H groups in total. The quantitative estimate of drug-likeness (QED) is 0.370. The summed E-state index contributed by atoms with van der Waals surface area (Å²) in [4.78, 5) is 10.2. The second-order valence-corrected chi connectivity index (χ2v) is 3.43. The molecule has 58 valence electrons. The van der Waals surface area contributed by atoms with Crippen LogP contribution in [-0.2, 0) is 4.74 Å². The number of carbonyl (C=O) groups is 1. The first-order chi connectivity index (χ1) is 4.68. The van der Waals surface area contributed by atoms with Crippen LogP contribution in [0.4, 0.5) is 4.79 Å². The van der Waals surface area contributed by atoms with Gasteiger partial charge < -0.3 is 10.5 Å². The van der Waals surface area contributed by atoms with Gasteiger partial charge in [0.2, 0.25) is 0 Å². The highest BCUT2D eigenvalue weighted by atomic mass is 32.2. The number of hydrogen-bond donors (Lipinski definition) is 1. The summed E-state index contributed by atoms with van der Waals surface area (Å²) >= 11 is 1.50. The van der Waals surface area contributed by atoms with Crippen molar-refractivity contribution in [2.75, 3.05) is 13.1 Å². The van der Waals surface area contributed by atoms with Crippen molar-refractivity contribution in [2.24, 2.45) is 5.73 Å². The molecule has 1 fully saturated rings. The Balaban J connectivity index is 2.07. The monoisotopic (exact) mass is 162 g/mol. The Bertz CT molecular complexity index is 138. The molecule has 0 saturated carbocycles. The maximum absolute atomic E-state index is 10.2. The first kappa shape index (κ1) is 7.68. The first-order valence-corrected chi connectivity index (χ1v) is 3.90. The molecular weight excluding hydrogens is 152 g/mol. The molecule has 5 heteroatoms. The highest BCUT2D eigenvalue weighted by Gasteiger charge is 2.22. The fourth-order valence-corrected chi connectivity index (χ4v) is 1.39. The van der Waals surface area contributed by atoms with Crippen LogP contribution >= 0.6 is 11.9 Å². The summed E-state index contributed by atoms with van der Waals surface area (Å²) in [6, 6.07) is 0. The van der Waals surface area contributed by atoms with Crippen molar-refractivity contribution >= 4 is 18.0 Å². The van der Waals surface area contributed by atoms with E-state index in [4.69, 9.17) is 5.73 Å². The molecule has 0 radical (unpaired) electrons. The summed E-state index contributed by atoms with van der Waals surface area (Å²) in [7, 11) is 0. The third-order valence-corrected chi connectivity index (χ3v) is 2.04. The Kier molecular flexibility index (Phi) is 2.39. The van der Waals surface area contributed by atoms with Gasteiger partial charge in [-0.2, -0.15) is 0 Å². The number of amides is 1. The third-order valence-electron chi connectivity index (χ3n) is 0.986. The highest BCUT2D eigenvalue weighted by molar-refractivity contribution is 7.97. The van der Waals surface area contributed by atoms with Crippen LogP contribution in [0.5, 0.6) is 0 Å². The lowest BCUT2D eigenvalue weighted by molar-refractivity contribution is 0.151. The minimum absolute atomic E-state index is 0.153. The minimum atomic E-state index is -0.707. The zero-order valence-corrected chi connectivity index (χ0v) is 6.56. The number of hydrogen-bond acceptors (Lipinski definition) is 4. The molecule has 1 atom stereocenters. The van der Waals surface area contributed by atoms with Crippen LogP contribution in [0.15, 0.2) is 0 Å². The van der Waals surface area contributed by atoms with Crippen LogP contribution < -0.4 is 5.73 Å². The minimum Gasteiger partial charge on any atom is -0.434 e. The van der Waals surface area contributed by atoms with Gasteiger partial charge in [0.15, 0.2) is 5.44 Å². The molecular formula is C5H10N2O2S. The van der Waals surface area contributed by atoms with Gasteiger partial charge in [0.05, 0.1) is 0 Å². The molecule has 1 rings (SSSR count). The number of ether oxygens (including phenoxy) is 1. The Labute approximate surface area is 63.8 Å². The number of primary amides is 1. The van der Waals surface area contributed by atoms with Gasteiger partial charge in [-0.15, -0.1) is 0 Å². The molecule has 1 heterocycles. The summed E-state index contributed by atoms with van der Waals surface area (Å²) in [6.07, 6.45) is -0.707. The predicted molar refractivity (Wildman–Crippen MR) is 39.3 cm³/mol. The molecule has 1 saturated heterocycles. The molecule has 0 aliphatic carbocycles. The van der Waals surface area contributed by atoms with Crippen molar-refractivity contribution in [1.29, 1.82) is 0 Å². The summed E-state index contributed by atoms with van der Waals surface area (Å²) in [5.74, 6) is 0. The van der Waals surface area contributed by atoms with E-state index in [0.29, 0.717) is 0 Å². The van der Waals surface area contributed by atoms with Gasteiger partial charge in [0.25, 0.3) is 0 Å². The maximum Gasteiger partial charge on any atom is 0.405 e. The van der Waals surface area contributed by atoms with Gasteiger partial charge in [-0.3, -0.25) is 0 Å². The zero-order valence-electron chi connectivity index (χ0n) is 5.74. The van der Waals surface area contributed by atoms with Crippen LogP contribution in [0.3, 0.4) is 0 Å². The molecule has 0 aromatic carbocycles. The lowest BCUT2D eigenvalue weighted by Crippen LogP contribution is -2.18. The predicted octanol–water partition coefficient (Wildman–Crippen LogP) is 0.392. The molecule has 10 heavy (non-hydrogen) atoms. The number of rotatable bonds is 3. The average molecular weight is 162 g/mol. The van der Waals surface area contributed by atoms with E-state index in [1.165, 1.54) is 11.9 Å².